The van der Waals surface area contributed by atoms with Gasteiger partial charge in [-0.25, -0.2) is 0 Å². The van der Waals surface area contributed by atoms with Crippen LogP contribution in [0.15, 0.2) is 30.3 Å². The summed E-state index contributed by atoms with van der Waals surface area (Å²) in [5, 5.41) is 12.6. The minimum absolute atomic E-state index is 0.0199. The van der Waals surface area contributed by atoms with Gasteiger partial charge in [0.25, 0.3) is 0 Å². The van der Waals surface area contributed by atoms with Gasteiger partial charge in [-0.2, -0.15) is 0 Å². The SMILES string of the molecule is O=C(CCl)NC[C@@H]1C[C@H](O)CN1Cc1ccccc1. The number of alkyl halides is 1. The number of nitrogens with zero attached hydrogens (tertiary/aromatic N) is 1. The molecule has 1 saturated heterocycles. The van der Waals surface area contributed by atoms with Crippen molar-refractivity contribution in [2.24, 2.45) is 0 Å². The zero-order valence-corrected chi connectivity index (χ0v) is 11.5. The van der Waals surface area contributed by atoms with E-state index in [4.69, 9.17) is 11.6 Å². The lowest BCUT2D eigenvalue weighted by atomic mass is 10.1. The standard InChI is InChI=1S/C14H19ClN2O2/c15-7-14(19)16-8-12-6-13(18)10-17(12)9-11-4-2-1-3-5-11/h1-5,12-13,18H,6-10H2,(H,16,19)/t12-,13-/m0/s1. The number of rotatable bonds is 5. The van der Waals surface area contributed by atoms with Crippen LogP contribution in [-0.2, 0) is 11.3 Å². The molecule has 2 N–H and O–H groups in total. The Kier molecular flexibility index (Phi) is 5.19. The predicted molar refractivity (Wildman–Crippen MR) is 75.0 cm³/mol. The Bertz CT molecular complexity index is 413. The quantitative estimate of drug-likeness (QED) is 0.792. The van der Waals surface area contributed by atoms with Crippen LogP contribution < -0.4 is 5.32 Å². The first-order valence-electron chi connectivity index (χ1n) is 6.47. The van der Waals surface area contributed by atoms with Crippen molar-refractivity contribution in [1.29, 1.82) is 0 Å². The van der Waals surface area contributed by atoms with E-state index in [-0.39, 0.29) is 23.9 Å². The molecule has 19 heavy (non-hydrogen) atoms. The first-order valence-corrected chi connectivity index (χ1v) is 7.01. The van der Waals surface area contributed by atoms with Gasteiger partial charge in [0, 0.05) is 25.7 Å². The van der Waals surface area contributed by atoms with Crippen molar-refractivity contribution in [1.82, 2.24) is 10.2 Å². The van der Waals surface area contributed by atoms with Crippen molar-refractivity contribution in [3.05, 3.63) is 35.9 Å². The number of hydrogen-bond donors (Lipinski definition) is 2. The molecule has 5 heteroatoms. The summed E-state index contributed by atoms with van der Waals surface area (Å²) in [4.78, 5) is 13.4. The average molecular weight is 283 g/mol. The average Bonchev–Trinajstić information content (AvgIpc) is 2.77. The van der Waals surface area contributed by atoms with E-state index < -0.39 is 0 Å². The number of carbonyl (C=O) groups is 1. The van der Waals surface area contributed by atoms with E-state index in [1.165, 1.54) is 5.56 Å². The van der Waals surface area contributed by atoms with E-state index in [0.29, 0.717) is 19.5 Å². The first-order chi connectivity index (χ1) is 9.19. The van der Waals surface area contributed by atoms with Crippen LogP contribution in [-0.4, -0.2) is 47.0 Å². The second kappa shape index (κ2) is 6.89. The molecule has 0 saturated carbocycles. The van der Waals surface area contributed by atoms with Crippen molar-refractivity contribution in [3.63, 3.8) is 0 Å². The summed E-state index contributed by atoms with van der Waals surface area (Å²) in [6, 6.07) is 10.3. The number of aliphatic hydroxyl groups excluding tert-OH is 1. The second-order valence-corrected chi connectivity index (χ2v) is 5.16. The maximum Gasteiger partial charge on any atom is 0.234 e. The summed E-state index contributed by atoms with van der Waals surface area (Å²) in [5.41, 5.74) is 1.21. The summed E-state index contributed by atoms with van der Waals surface area (Å²) >= 11 is 5.46. The number of carbonyl (C=O) groups excluding carboxylic acids is 1. The highest BCUT2D eigenvalue weighted by molar-refractivity contribution is 6.27. The number of likely N-dealkylation sites (tertiary alicyclic amines) is 1. The van der Waals surface area contributed by atoms with Crippen LogP contribution in [0.1, 0.15) is 12.0 Å². The van der Waals surface area contributed by atoms with Gasteiger partial charge < -0.3 is 10.4 Å². The lowest BCUT2D eigenvalue weighted by molar-refractivity contribution is -0.118. The Morgan fingerprint density at radius 2 is 2.16 bits per heavy atom. The molecule has 1 aromatic carbocycles. The van der Waals surface area contributed by atoms with E-state index in [9.17, 15) is 9.90 Å². The number of halogens is 1. The number of benzene rings is 1. The normalized spacial score (nSPS) is 23.5. The summed E-state index contributed by atoms with van der Waals surface area (Å²) in [7, 11) is 0. The van der Waals surface area contributed by atoms with Crippen molar-refractivity contribution in [2.75, 3.05) is 19.0 Å². The lowest BCUT2D eigenvalue weighted by Crippen LogP contribution is -2.40. The molecule has 1 aromatic rings. The third-order valence-corrected chi connectivity index (χ3v) is 3.63. The van der Waals surface area contributed by atoms with Crippen LogP contribution in [0.3, 0.4) is 0 Å². The molecular weight excluding hydrogens is 264 g/mol. The molecule has 1 aliphatic heterocycles. The summed E-state index contributed by atoms with van der Waals surface area (Å²) in [6.45, 7) is 1.98. The molecule has 0 bridgehead atoms. The van der Waals surface area contributed by atoms with Crippen molar-refractivity contribution in [3.8, 4) is 0 Å². The molecule has 4 nitrogen and oxygen atoms in total. The monoisotopic (exact) mass is 282 g/mol. The van der Waals surface area contributed by atoms with Crippen molar-refractivity contribution < 1.29 is 9.90 Å². The van der Waals surface area contributed by atoms with E-state index in [0.717, 1.165) is 6.54 Å². The van der Waals surface area contributed by atoms with E-state index in [1.54, 1.807) is 0 Å². The number of aliphatic hydroxyl groups is 1. The molecule has 0 unspecified atom stereocenters. The van der Waals surface area contributed by atoms with Crippen molar-refractivity contribution in [2.45, 2.75) is 25.1 Å². The maximum absolute atomic E-state index is 11.2. The highest BCUT2D eigenvalue weighted by Gasteiger charge is 2.30. The Balaban J connectivity index is 1.92. The topological polar surface area (TPSA) is 52.6 Å². The third-order valence-electron chi connectivity index (χ3n) is 3.39. The first kappa shape index (κ1) is 14.3. The van der Waals surface area contributed by atoms with Crippen molar-refractivity contribution >= 4 is 17.5 Å². The molecule has 0 spiro atoms. The Morgan fingerprint density at radius 3 is 2.84 bits per heavy atom. The fourth-order valence-corrected chi connectivity index (χ4v) is 2.55. The Morgan fingerprint density at radius 1 is 1.42 bits per heavy atom. The minimum Gasteiger partial charge on any atom is -0.392 e. The molecule has 1 aliphatic rings. The number of amides is 1. The molecule has 0 aliphatic carbocycles. The fraction of sp³-hybridized carbons (Fsp3) is 0.500. The molecule has 1 heterocycles. The molecule has 1 amide bonds. The van der Waals surface area contributed by atoms with Crippen LogP contribution in [0.5, 0.6) is 0 Å². The number of β-amino-alcohol motifs (C(OH)–C–C–N with tert-alkyl or cyclic N) is 1. The maximum atomic E-state index is 11.2. The summed E-state index contributed by atoms with van der Waals surface area (Å²) in [6.07, 6.45) is 0.372. The molecule has 0 radical (unpaired) electrons. The fourth-order valence-electron chi connectivity index (χ4n) is 2.46. The van der Waals surface area contributed by atoms with Gasteiger partial charge >= 0.3 is 0 Å². The Labute approximate surface area is 118 Å². The highest BCUT2D eigenvalue weighted by atomic mass is 35.5. The molecule has 104 valence electrons. The van der Waals surface area contributed by atoms with Crippen LogP contribution in [0, 0.1) is 0 Å². The van der Waals surface area contributed by atoms with E-state index >= 15 is 0 Å². The van der Waals surface area contributed by atoms with E-state index in [1.807, 2.05) is 18.2 Å². The third kappa shape index (κ3) is 4.20. The van der Waals surface area contributed by atoms with Gasteiger partial charge in [-0.1, -0.05) is 30.3 Å². The summed E-state index contributed by atoms with van der Waals surface area (Å²) < 4.78 is 0. The lowest BCUT2D eigenvalue weighted by Gasteiger charge is -2.24. The van der Waals surface area contributed by atoms with Gasteiger partial charge in [0.15, 0.2) is 0 Å². The van der Waals surface area contributed by atoms with E-state index in [2.05, 4.69) is 22.3 Å². The zero-order valence-electron chi connectivity index (χ0n) is 10.8. The van der Waals surface area contributed by atoms with Gasteiger partial charge in [-0.05, 0) is 12.0 Å². The summed E-state index contributed by atoms with van der Waals surface area (Å²) in [5.74, 6) is -0.184. The van der Waals surface area contributed by atoms with Gasteiger partial charge in [-0.15, -0.1) is 11.6 Å². The molecule has 2 rings (SSSR count). The molecule has 0 aromatic heterocycles. The smallest absolute Gasteiger partial charge is 0.234 e. The van der Waals surface area contributed by atoms with Crippen LogP contribution >= 0.6 is 11.6 Å². The van der Waals surface area contributed by atoms with Gasteiger partial charge in [0.05, 0.1) is 6.10 Å². The number of hydrogen-bond acceptors (Lipinski definition) is 3. The van der Waals surface area contributed by atoms with Crippen LogP contribution in [0.25, 0.3) is 0 Å². The van der Waals surface area contributed by atoms with Gasteiger partial charge in [0.2, 0.25) is 5.91 Å². The molecule has 2 atom stereocenters. The van der Waals surface area contributed by atoms with Crippen LogP contribution in [0.4, 0.5) is 0 Å². The predicted octanol–water partition coefficient (Wildman–Crippen LogP) is 0.977. The zero-order chi connectivity index (χ0) is 13.7. The molecular formula is C14H19ClN2O2. The largest absolute Gasteiger partial charge is 0.392 e. The highest BCUT2D eigenvalue weighted by Crippen LogP contribution is 2.20. The second-order valence-electron chi connectivity index (χ2n) is 4.90. The minimum atomic E-state index is -0.318. The molecule has 1 fully saturated rings. The van der Waals surface area contributed by atoms with Gasteiger partial charge in [0.1, 0.15) is 5.88 Å². The number of nitrogens with one attached hydrogen (secondary N) is 1. The van der Waals surface area contributed by atoms with Crippen LogP contribution in [0.2, 0.25) is 0 Å². The Hall–Kier alpha value is -1.10. The van der Waals surface area contributed by atoms with Gasteiger partial charge in [-0.3, -0.25) is 9.69 Å².